The Morgan fingerprint density at radius 3 is 2.48 bits per heavy atom. The van der Waals surface area contributed by atoms with Crippen molar-refractivity contribution in [2.75, 3.05) is 5.32 Å². The average molecular weight is 355 g/mol. The third kappa shape index (κ3) is 4.06. The summed E-state index contributed by atoms with van der Waals surface area (Å²) in [5.74, 6) is -0.0443. The standard InChI is InChI=1S/C19H19ClN4O/c1-3-15-10-17(24-11-21-22-12-24)8-13(2)19(15)23-18(25)9-14-4-6-16(20)7-5-14/h4-8,10-12H,3,9H2,1-2H3,(H,23,25). The molecule has 3 rings (SSSR count). The number of carbonyl (C=O) groups is 1. The van der Waals surface area contributed by atoms with E-state index >= 15 is 0 Å². The van der Waals surface area contributed by atoms with Crippen LogP contribution in [0.5, 0.6) is 0 Å². The number of halogens is 1. The molecule has 128 valence electrons. The largest absolute Gasteiger partial charge is 0.325 e. The lowest BCUT2D eigenvalue weighted by molar-refractivity contribution is -0.115. The average Bonchev–Trinajstić information content (AvgIpc) is 3.13. The number of anilines is 1. The maximum Gasteiger partial charge on any atom is 0.228 e. The summed E-state index contributed by atoms with van der Waals surface area (Å²) in [5.41, 5.74) is 4.87. The summed E-state index contributed by atoms with van der Waals surface area (Å²) in [4.78, 5) is 12.4. The highest BCUT2D eigenvalue weighted by Crippen LogP contribution is 2.25. The highest BCUT2D eigenvalue weighted by atomic mass is 35.5. The summed E-state index contributed by atoms with van der Waals surface area (Å²) in [7, 11) is 0. The molecule has 0 saturated carbocycles. The van der Waals surface area contributed by atoms with Crippen LogP contribution in [0.15, 0.2) is 49.1 Å². The lowest BCUT2D eigenvalue weighted by Gasteiger charge is -2.15. The van der Waals surface area contributed by atoms with Crippen LogP contribution in [0.1, 0.15) is 23.6 Å². The molecule has 0 spiro atoms. The zero-order valence-electron chi connectivity index (χ0n) is 14.2. The van der Waals surface area contributed by atoms with Crippen LogP contribution in [0.2, 0.25) is 5.02 Å². The maximum absolute atomic E-state index is 12.4. The number of nitrogens with one attached hydrogen (secondary N) is 1. The van der Waals surface area contributed by atoms with Gasteiger partial charge < -0.3 is 5.32 Å². The number of nitrogens with zero attached hydrogens (tertiary/aromatic N) is 3. The predicted molar refractivity (Wildman–Crippen MR) is 99.3 cm³/mol. The molecule has 1 amide bonds. The van der Waals surface area contributed by atoms with Gasteiger partial charge in [0.25, 0.3) is 0 Å². The summed E-state index contributed by atoms with van der Waals surface area (Å²) in [5, 5.41) is 11.4. The van der Waals surface area contributed by atoms with Crippen LogP contribution >= 0.6 is 11.6 Å². The van der Waals surface area contributed by atoms with E-state index in [1.807, 2.05) is 35.8 Å². The number of hydrogen-bond acceptors (Lipinski definition) is 3. The van der Waals surface area contributed by atoms with Crippen molar-refractivity contribution in [2.45, 2.75) is 26.7 Å². The van der Waals surface area contributed by atoms with Crippen molar-refractivity contribution in [3.63, 3.8) is 0 Å². The first-order valence-electron chi connectivity index (χ1n) is 8.09. The second kappa shape index (κ2) is 7.49. The Morgan fingerprint density at radius 2 is 1.84 bits per heavy atom. The highest BCUT2D eigenvalue weighted by molar-refractivity contribution is 6.30. The van der Waals surface area contributed by atoms with E-state index in [1.54, 1.807) is 24.8 Å². The molecule has 3 aromatic rings. The van der Waals surface area contributed by atoms with Crippen LogP contribution in [0, 0.1) is 6.92 Å². The molecule has 5 nitrogen and oxygen atoms in total. The van der Waals surface area contributed by atoms with Gasteiger partial charge >= 0.3 is 0 Å². The number of carbonyl (C=O) groups excluding carboxylic acids is 1. The van der Waals surface area contributed by atoms with E-state index in [0.29, 0.717) is 11.4 Å². The topological polar surface area (TPSA) is 59.8 Å². The van der Waals surface area contributed by atoms with Gasteiger partial charge in [-0.2, -0.15) is 0 Å². The Bertz CT molecular complexity index is 873. The monoisotopic (exact) mass is 354 g/mol. The van der Waals surface area contributed by atoms with E-state index in [9.17, 15) is 4.79 Å². The van der Waals surface area contributed by atoms with Crippen LogP contribution in [0.3, 0.4) is 0 Å². The van der Waals surface area contributed by atoms with Crippen molar-refractivity contribution in [1.82, 2.24) is 14.8 Å². The molecule has 0 bridgehead atoms. The Balaban J connectivity index is 1.81. The summed E-state index contributed by atoms with van der Waals surface area (Å²) >= 11 is 5.88. The van der Waals surface area contributed by atoms with E-state index in [0.717, 1.165) is 34.5 Å². The van der Waals surface area contributed by atoms with Gasteiger partial charge in [0, 0.05) is 16.4 Å². The Hall–Kier alpha value is -2.66. The van der Waals surface area contributed by atoms with Gasteiger partial charge in [-0.15, -0.1) is 10.2 Å². The lowest BCUT2D eigenvalue weighted by Crippen LogP contribution is -2.16. The fourth-order valence-electron chi connectivity index (χ4n) is 2.75. The third-order valence-corrected chi connectivity index (χ3v) is 4.29. The van der Waals surface area contributed by atoms with Crippen LogP contribution in [-0.2, 0) is 17.6 Å². The van der Waals surface area contributed by atoms with Crippen molar-refractivity contribution in [3.8, 4) is 5.69 Å². The Kier molecular flexibility index (Phi) is 5.14. The number of rotatable bonds is 5. The molecule has 1 N–H and O–H groups in total. The number of benzene rings is 2. The molecule has 0 saturated heterocycles. The smallest absolute Gasteiger partial charge is 0.228 e. The third-order valence-electron chi connectivity index (χ3n) is 4.04. The SMILES string of the molecule is CCc1cc(-n2cnnc2)cc(C)c1NC(=O)Cc1ccc(Cl)cc1. The second-order valence-corrected chi connectivity index (χ2v) is 6.31. The van der Waals surface area contributed by atoms with Crippen molar-refractivity contribution in [1.29, 1.82) is 0 Å². The molecule has 0 atom stereocenters. The van der Waals surface area contributed by atoms with Crippen molar-refractivity contribution in [3.05, 3.63) is 70.8 Å². The summed E-state index contributed by atoms with van der Waals surface area (Å²) in [6, 6.07) is 11.4. The summed E-state index contributed by atoms with van der Waals surface area (Å²) < 4.78 is 1.85. The van der Waals surface area contributed by atoms with Gasteiger partial charge in [0.15, 0.2) is 0 Å². The van der Waals surface area contributed by atoms with E-state index in [2.05, 4.69) is 22.4 Å². The maximum atomic E-state index is 12.4. The molecule has 1 aromatic heterocycles. The molecule has 1 heterocycles. The highest BCUT2D eigenvalue weighted by Gasteiger charge is 2.12. The Morgan fingerprint density at radius 1 is 1.16 bits per heavy atom. The molecule has 0 aliphatic heterocycles. The zero-order valence-corrected chi connectivity index (χ0v) is 14.9. The fraction of sp³-hybridized carbons (Fsp3) is 0.211. The van der Waals surface area contributed by atoms with E-state index in [4.69, 9.17) is 11.6 Å². The lowest BCUT2D eigenvalue weighted by atomic mass is 10.0. The number of aromatic nitrogens is 3. The van der Waals surface area contributed by atoms with Crippen LogP contribution in [0.4, 0.5) is 5.69 Å². The number of aryl methyl sites for hydroxylation is 2. The molecular weight excluding hydrogens is 336 g/mol. The van der Waals surface area contributed by atoms with Gasteiger partial charge in [0.05, 0.1) is 6.42 Å². The molecule has 0 fully saturated rings. The molecule has 0 radical (unpaired) electrons. The minimum Gasteiger partial charge on any atom is -0.325 e. The van der Waals surface area contributed by atoms with Gasteiger partial charge in [0.1, 0.15) is 12.7 Å². The van der Waals surface area contributed by atoms with E-state index in [1.165, 1.54) is 0 Å². The number of hydrogen-bond donors (Lipinski definition) is 1. The van der Waals surface area contributed by atoms with Gasteiger partial charge in [-0.25, -0.2) is 0 Å². The van der Waals surface area contributed by atoms with Crippen molar-refractivity contribution >= 4 is 23.2 Å². The van der Waals surface area contributed by atoms with Gasteiger partial charge in [-0.1, -0.05) is 30.7 Å². The first-order valence-corrected chi connectivity index (χ1v) is 8.47. The van der Waals surface area contributed by atoms with E-state index in [-0.39, 0.29) is 5.91 Å². The second-order valence-electron chi connectivity index (χ2n) is 5.87. The first-order chi connectivity index (χ1) is 12.1. The van der Waals surface area contributed by atoms with Crippen LogP contribution < -0.4 is 5.32 Å². The minimum atomic E-state index is -0.0443. The molecular formula is C19H19ClN4O. The van der Waals surface area contributed by atoms with Crippen LogP contribution in [-0.4, -0.2) is 20.7 Å². The molecule has 6 heteroatoms. The van der Waals surface area contributed by atoms with Gasteiger partial charge in [-0.3, -0.25) is 9.36 Å². The summed E-state index contributed by atoms with van der Waals surface area (Å²) in [6.45, 7) is 4.06. The molecule has 0 aliphatic rings. The van der Waals surface area contributed by atoms with E-state index < -0.39 is 0 Å². The minimum absolute atomic E-state index is 0.0443. The molecule has 2 aromatic carbocycles. The predicted octanol–water partition coefficient (Wildman–Crippen LogP) is 3.97. The van der Waals surface area contributed by atoms with Gasteiger partial charge in [-0.05, 0) is 54.3 Å². The Labute approximate surface area is 151 Å². The first kappa shape index (κ1) is 17.2. The van der Waals surface area contributed by atoms with Crippen LogP contribution in [0.25, 0.3) is 5.69 Å². The molecule has 0 unspecified atom stereocenters. The number of amides is 1. The zero-order chi connectivity index (χ0) is 17.8. The van der Waals surface area contributed by atoms with Crippen molar-refractivity contribution in [2.24, 2.45) is 0 Å². The normalized spacial score (nSPS) is 10.7. The molecule has 25 heavy (non-hydrogen) atoms. The fourth-order valence-corrected chi connectivity index (χ4v) is 2.88. The quantitative estimate of drug-likeness (QED) is 0.754. The van der Waals surface area contributed by atoms with Crippen molar-refractivity contribution < 1.29 is 4.79 Å². The van der Waals surface area contributed by atoms with Gasteiger partial charge in [0.2, 0.25) is 5.91 Å². The summed E-state index contributed by atoms with van der Waals surface area (Å²) in [6.07, 6.45) is 4.44. The molecule has 0 aliphatic carbocycles.